The Balaban J connectivity index is 1.57. The lowest BCUT2D eigenvalue weighted by atomic mass is 10.1. The molecule has 1 heterocycles. The first kappa shape index (κ1) is 22.6. The van der Waals surface area contributed by atoms with Gasteiger partial charge in [-0.05, 0) is 45.0 Å². The standard InChI is InChI=1S/C23H27N5O2S/c1-5-28(6-2)22(30)18-11-13-19(14-12-18)24-20(29)15-31-23-26-25-21(27(23)4)17-9-7-16(3)8-10-17/h7-14H,5-6,15H2,1-4H3,(H,24,29). The molecule has 31 heavy (non-hydrogen) atoms. The van der Waals surface area contributed by atoms with Gasteiger partial charge in [-0.25, -0.2) is 0 Å². The van der Waals surface area contributed by atoms with Gasteiger partial charge in [0.1, 0.15) is 0 Å². The van der Waals surface area contributed by atoms with Gasteiger partial charge in [0, 0.05) is 37.0 Å². The lowest BCUT2D eigenvalue weighted by Gasteiger charge is -2.18. The molecule has 3 aromatic rings. The second-order valence-corrected chi connectivity index (χ2v) is 8.07. The molecule has 0 fully saturated rings. The number of anilines is 1. The van der Waals surface area contributed by atoms with Crippen molar-refractivity contribution in [2.75, 3.05) is 24.2 Å². The van der Waals surface area contributed by atoms with Gasteiger partial charge in [0.25, 0.3) is 5.91 Å². The summed E-state index contributed by atoms with van der Waals surface area (Å²) in [6.07, 6.45) is 0. The monoisotopic (exact) mass is 437 g/mol. The van der Waals surface area contributed by atoms with Crippen LogP contribution in [0.5, 0.6) is 0 Å². The summed E-state index contributed by atoms with van der Waals surface area (Å²) in [5, 5.41) is 12.0. The third-order valence-electron chi connectivity index (χ3n) is 4.94. The Morgan fingerprint density at radius 1 is 1.00 bits per heavy atom. The van der Waals surface area contributed by atoms with E-state index in [1.807, 2.05) is 56.7 Å². The Bertz CT molecular complexity index is 1040. The second kappa shape index (κ2) is 10.3. The highest BCUT2D eigenvalue weighted by molar-refractivity contribution is 7.99. The fourth-order valence-electron chi connectivity index (χ4n) is 3.11. The van der Waals surface area contributed by atoms with E-state index in [4.69, 9.17) is 0 Å². The quantitative estimate of drug-likeness (QED) is 0.539. The summed E-state index contributed by atoms with van der Waals surface area (Å²) in [5.74, 6) is 0.814. The van der Waals surface area contributed by atoms with Crippen LogP contribution in [0, 0.1) is 6.92 Å². The highest BCUT2D eigenvalue weighted by atomic mass is 32.2. The zero-order valence-electron chi connectivity index (χ0n) is 18.3. The van der Waals surface area contributed by atoms with E-state index in [-0.39, 0.29) is 17.6 Å². The zero-order chi connectivity index (χ0) is 22.4. The molecule has 0 radical (unpaired) electrons. The first-order valence-corrected chi connectivity index (χ1v) is 11.2. The topological polar surface area (TPSA) is 80.1 Å². The molecule has 1 aromatic heterocycles. The summed E-state index contributed by atoms with van der Waals surface area (Å²) in [6.45, 7) is 7.28. The molecule has 162 valence electrons. The van der Waals surface area contributed by atoms with E-state index in [2.05, 4.69) is 15.5 Å². The number of aryl methyl sites for hydroxylation is 1. The van der Waals surface area contributed by atoms with Crippen LogP contribution >= 0.6 is 11.8 Å². The van der Waals surface area contributed by atoms with Crippen LogP contribution in [0.25, 0.3) is 11.4 Å². The van der Waals surface area contributed by atoms with Crippen molar-refractivity contribution in [2.45, 2.75) is 25.9 Å². The van der Waals surface area contributed by atoms with Gasteiger partial charge < -0.3 is 14.8 Å². The number of rotatable bonds is 8. The number of carbonyl (C=O) groups excluding carboxylic acids is 2. The number of thioether (sulfide) groups is 1. The van der Waals surface area contributed by atoms with Crippen LogP contribution in [0.2, 0.25) is 0 Å². The molecular weight excluding hydrogens is 410 g/mol. The van der Waals surface area contributed by atoms with Crippen molar-refractivity contribution < 1.29 is 9.59 Å². The molecule has 0 atom stereocenters. The number of nitrogens with zero attached hydrogens (tertiary/aromatic N) is 4. The van der Waals surface area contributed by atoms with Crippen molar-refractivity contribution in [3.8, 4) is 11.4 Å². The van der Waals surface area contributed by atoms with Crippen LogP contribution in [0.3, 0.4) is 0 Å². The first-order valence-electron chi connectivity index (χ1n) is 10.2. The highest BCUT2D eigenvalue weighted by Crippen LogP contribution is 2.23. The Morgan fingerprint density at radius 2 is 1.65 bits per heavy atom. The van der Waals surface area contributed by atoms with Gasteiger partial charge in [-0.3, -0.25) is 9.59 Å². The molecule has 0 unspecified atom stereocenters. The SMILES string of the molecule is CCN(CC)C(=O)c1ccc(NC(=O)CSc2nnc(-c3ccc(C)cc3)n2C)cc1. The minimum Gasteiger partial charge on any atom is -0.339 e. The normalized spacial score (nSPS) is 10.7. The van der Waals surface area contributed by atoms with E-state index in [1.165, 1.54) is 17.3 Å². The van der Waals surface area contributed by atoms with Gasteiger partial charge in [0.05, 0.1) is 5.75 Å². The Labute approximate surface area is 186 Å². The number of benzene rings is 2. The van der Waals surface area contributed by atoms with Crippen molar-refractivity contribution in [1.29, 1.82) is 0 Å². The largest absolute Gasteiger partial charge is 0.339 e. The number of amides is 2. The summed E-state index contributed by atoms with van der Waals surface area (Å²) in [6, 6.07) is 15.1. The Hall–Kier alpha value is -3.13. The molecule has 0 spiro atoms. The molecule has 1 N–H and O–H groups in total. The number of hydrogen-bond donors (Lipinski definition) is 1. The molecule has 0 saturated heterocycles. The van der Waals surface area contributed by atoms with E-state index in [9.17, 15) is 9.59 Å². The molecule has 3 rings (SSSR count). The van der Waals surface area contributed by atoms with E-state index < -0.39 is 0 Å². The van der Waals surface area contributed by atoms with Crippen molar-refractivity contribution >= 4 is 29.3 Å². The fraction of sp³-hybridized carbons (Fsp3) is 0.304. The van der Waals surface area contributed by atoms with E-state index in [0.717, 1.165) is 11.4 Å². The molecule has 2 amide bonds. The van der Waals surface area contributed by atoms with Crippen molar-refractivity contribution in [1.82, 2.24) is 19.7 Å². The Morgan fingerprint density at radius 3 is 2.26 bits per heavy atom. The smallest absolute Gasteiger partial charge is 0.253 e. The fourth-order valence-corrected chi connectivity index (χ4v) is 3.82. The lowest BCUT2D eigenvalue weighted by Crippen LogP contribution is -2.30. The van der Waals surface area contributed by atoms with Crippen LogP contribution < -0.4 is 5.32 Å². The minimum atomic E-state index is -0.146. The Kier molecular flexibility index (Phi) is 7.46. The third kappa shape index (κ3) is 5.52. The molecule has 0 aliphatic carbocycles. The summed E-state index contributed by atoms with van der Waals surface area (Å²) >= 11 is 1.33. The molecule has 0 aliphatic rings. The van der Waals surface area contributed by atoms with Gasteiger partial charge in [-0.2, -0.15) is 0 Å². The third-order valence-corrected chi connectivity index (χ3v) is 5.96. The second-order valence-electron chi connectivity index (χ2n) is 7.12. The maximum absolute atomic E-state index is 12.4. The van der Waals surface area contributed by atoms with Crippen LogP contribution in [0.4, 0.5) is 5.69 Å². The lowest BCUT2D eigenvalue weighted by molar-refractivity contribution is -0.113. The number of nitrogens with one attached hydrogen (secondary N) is 1. The number of hydrogen-bond acceptors (Lipinski definition) is 5. The average molecular weight is 438 g/mol. The van der Waals surface area contributed by atoms with Crippen LogP contribution in [0.1, 0.15) is 29.8 Å². The maximum Gasteiger partial charge on any atom is 0.253 e. The summed E-state index contributed by atoms with van der Waals surface area (Å²) in [4.78, 5) is 26.5. The van der Waals surface area contributed by atoms with E-state index in [1.54, 1.807) is 29.2 Å². The van der Waals surface area contributed by atoms with Gasteiger partial charge in [-0.1, -0.05) is 41.6 Å². The van der Waals surface area contributed by atoms with Crippen molar-refractivity contribution in [2.24, 2.45) is 7.05 Å². The number of carbonyl (C=O) groups is 2. The molecule has 0 aliphatic heterocycles. The zero-order valence-corrected chi connectivity index (χ0v) is 19.1. The van der Waals surface area contributed by atoms with Gasteiger partial charge in [0.2, 0.25) is 5.91 Å². The van der Waals surface area contributed by atoms with Crippen LogP contribution in [0.15, 0.2) is 53.7 Å². The average Bonchev–Trinajstić information content (AvgIpc) is 3.14. The van der Waals surface area contributed by atoms with E-state index in [0.29, 0.717) is 29.5 Å². The van der Waals surface area contributed by atoms with Gasteiger partial charge >= 0.3 is 0 Å². The van der Waals surface area contributed by atoms with Crippen LogP contribution in [-0.2, 0) is 11.8 Å². The molecule has 7 nitrogen and oxygen atoms in total. The first-order chi connectivity index (χ1) is 14.9. The molecule has 0 bridgehead atoms. The maximum atomic E-state index is 12.4. The van der Waals surface area contributed by atoms with Gasteiger partial charge in [-0.15, -0.1) is 10.2 Å². The summed E-state index contributed by atoms with van der Waals surface area (Å²) in [5.41, 5.74) is 3.43. The van der Waals surface area contributed by atoms with Gasteiger partial charge in [0.15, 0.2) is 11.0 Å². The molecule has 0 saturated carbocycles. The van der Waals surface area contributed by atoms with Crippen LogP contribution in [-0.4, -0.2) is 50.3 Å². The predicted molar refractivity (Wildman–Crippen MR) is 124 cm³/mol. The summed E-state index contributed by atoms with van der Waals surface area (Å²) in [7, 11) is 1.89. The van der Waals surface area contributed by atoms with Crippen molar-refractivity contribution in [3.05, 3.63) is 59.7 Å². The highest BCUT2D eigenvalue weighted by Gasteiger charge is 2.14. The summed E-state index contributed by atoms with van der Waals surface area (Å²) < 4.78 is 1.89. The predicted octanol–water partition coefficient (Wildman–Crippen LogP) is 4.00. The molecule has 8 heteroatoms. The molecule has 2 aromatic carbocycles. The molecular formula is C23H27N5O2S. The minimum absolute atomic E-state index is 0.00917. The number of aromatic nitrogens is 3. The van der Waals surface area contributed by atoms with Crippen molar-refractivity contribution in [3.63, 3.8) is 0 Å². The van der Waals surface area contributed by atoms with E-state index >= 15 is 0 Å².